The topological polar surface area (TPSA) is 58.6 Å². The van der Waals surface area contributed by atoms with Gasteiger partial charge >= 0.3 is 12.3 Å². The Morgan fingerprint density at radius 2 is 1.74 bits per heavy atom. The van der Waals surface area contributed by atoms with Crippen molar-refractivity contribution in [2.24, 2.45) is 0 Å². The van der Waals surface area contributed by atoms with Crippen molar-refractivity contribution in [3.63, 3.8) is 0 Å². The van der Waals surface area contributed by atoms with Crippen molar-refractivity contribution >= 4 is 11.8 Å². The van der Waals surface area contributed by atoms with Crippen LogP contribution in [0.25, 0.3) is 0 Å². The second-order valence-corrected chi connectivity index (χ2v) is 5.75. The number of amides is 1. The molecule has 0 atom stereocenters. The first-order chi connectivity index (χ1) is 10.3. The summed E-state index contributed by atoms with van der Waals surface area (Å²) in [5.74, 6) is -3.82. The minimum atomic E-state index is -4.78. The number of anilines is 1. The normalized spacial score (nSPS) is 12.9. The quantitative estimate of drug-likeness (QED) is 0.813. The summed E-state index contributed by atoms with van der Waals surface area (Å²) in [5, 5.41) is 10.6. The Bertz CT molecular complexity index is 579. The molecule has 0 fully saturated rings. The fourth-order valence-corrected chi connectivity index (χ4v) is 1.64. The number of carbonyl (C=O) groups excluding carboxylic acids is 1. The van der Waals surface area contributed by atoms with Crippen molar-refractivity contribution in [3.8, 4) is 0 Å². The van der Waals surface area contributed by atoms with E-state index in [1.165, 1.54) is 20.8 Å². The molecule has 0 aliphatic carbocycles. The van der Waals surface area contributed by atoms with Crippen LogP contribution in [0.2, 0.25) is 0 Å². The van der Waals surface area contributed by atoms with Crippen LogP contribution in [0.1, 0.15) is 31.9 Å². The van der Waals surface area contributed by atoms with Crippen molar-refractivity contribution in [1.29, 1.82) is 0 Å². The van der Waals surface area contributed by atoms with Gasteiger partial charge in [0.15, 0.2) is 0 Å². The van der Waals surface area contributed by atoms with Crippen LogP contribution >= 0.6 is 0 Å². The average Bonchev–Trinajstić information content (AvgIpc) is 2.35. The summed E-state index contributed by atoms with van der Waals surface area (Å²) in [6.45, 7) is 2.88. The lowest BCUT2D eigenvalue weighted by Gasteiger charge is -2.23. The average molecular weight is 341 g/mol. The number of alkyl halides is 5. The van der Waals surface area contributed by atoms with E-state index in [-0.39, 0.29) is 0 Å². The molecule has 0 bridgehead atoms. The third kappa shape index (κ3) is 5.34. The molecule has 0 aliphatic heterocycles. The first-order valence-corrected chi connectivity index (χ1v) is 6.47. The third-order valence-electron chi connectivity index (χ3n) is 2.58. The maximum atomic E-state index is 13.6. The van der Waals surface area contributed by atoms with Crippen LogP contribution < -0.4 is 5.32 Å². The Hall–Kier alpha value is -1.90. The van der Waals surface area contributed by atoms with Gasteiger partial charge in [0.05, 0.1) is 11.3 Å². The molecule has 0 spiro atoms. The van der Waals surface area contributed by atoms with E-state index >= 15 is 0 Å². The molecule has 4 nitrogen and oxygen atoms in total. The Kier molecular flexibility index (Phi) is 5.25. The van der Waals surface area contributed by atoms with Gasteiger partial charge in [0, 0.05) is 5.56 Å². The van der Waals surface area contributed by atoms with Gasteiger partial charge in [0.2, 0.25) is 0 Å². The van der Waals surface area contributed by atoms with Crippen LogP contribution in [-0.2, 0) is 16.8 Å². The molecule has 2 N–H and O–H groups in total. The lowest BCUT2D eigenvalue weighted by molar-refractivity contribution is -0.137. The van der Waals surface area contributed by atoms with Gasteiger partial charge < -0.3 is 9.84 Å². The highest BCUT2D eigenvalue weighted by atomic mass is 19.4. The summed E-state index contributed by atoms with van der Waals surface area (Å²) in [7, 11) is 0. The highest BCUT2D eigenvalue weighted by Gasteiger charge is 2.37. The molecular weight excluding hydrogens is 325 g/mol. The molecule has 0 heterocycles. The largest absolute Gasteiger partial charge is 0.444 e. The summed E-state index contributed by atoms with van der Waals surface area (Å²) >= 11 is 0. The fraction of sp³-hybridized carbons (Fsp3) is 0.500. The lowest BCUT2D eigenvalue weighted by atomic mass is 10.0. The summed E-state index contributed by atoms with van der Waals surface area (Å²) in [6.07, 6.45) is -5.97. The number of nitrogens with one attached hydrogen (secondary N) is 1. The predicted molar refractivity (Wildman–Crippen MR) is 72.3 cm³/mol. The maximum Gasteiger partial charge on any atom is 0.416 e. The Labute approximate surface area is 129 Å². The number of benzene rings is 1. The summed E-state index contributed by atoms with van der Waals surface area (Å²) in [5.41, 5.74) is -3.92. The number of hydrogen-bond donors (Lipinski definition) is 2. The zero-order valence-corrected chi connectivity index (χ0v) is 12.6. The highest BCUT2D eigenvalue weighted by Crippen LogP contribution is 2.38. The van der Waals surface area contributed by atoms with Crippen LogP contribution in [0.3, 0.4) is 0 Å². The SMILES string of the molecule is CC(C)(C)OC(=O)Nc1cc(C(F)(F)F)ccc1C(F)(F)CO. The van der Waals surface area contributed by atoms with Crippen molar-refractivity contribution in [2.75, 3.05) is 11.9 Å². The summed E-state index contributed by atoms with van der Waals surface area (Å²) in [4.78, 5) is 11.6. The number of hydrogen-bond acceptors (Lipinski definition) is 3. The van der Waals surface area contributed by atoms with Gasteiger partial charge in [-0.2, -0.15) is 22.0 Å². The van der Waals surface area contributed by atoms with Crippen LogP contribution in [0.4, 0.5) is 32.4 Å². The number of carbonyl (C=O) groups is 1. The molecule has 0 unspecified atom stereocenters. The minimum Gasteiger partial charge on any atom is -0.444 e. The van der Waals surface area contributed by atoms with Gasteiger partial charge in [-0.15, -0.1) is 0 Å². The molecule has 0 saturated carbocycles. The van der Waals surface area contributed by atoms with Crippen LogP contribution in [0.15, 0.2) is 18.2 Å². The van der Waals surface area contributed by atoms with E-state index < -0.39 is 47.2 Å². The van der Waals surface area contributed by atoms with Gasteiger partial charge in [-0.05, 0) is 32.9 Å². The maximum absolute atomic E-state index is 13.6. The lowest BCUT2D eigenvalue weighted by Crippen LogP contribution is -2.29. The van der Waals surface area contributed by atoms with E-state index in [9.17, 15) is 26.7 Å². The molecule has 23 heavy (non-hydrogen) atoms. The van der Waals surface area contributed by atoms with Crippen LogP contribution in [0, 0.1) is 0 Å². The molecule has 130 valence electrons. The first kappa shape index (κ1) is 19.1. The first-order valence-electron chi connectivity index (χ1n) is 6.47. The standard InChI is InChI=1S/C14H16F5NO3/c1-12(2,3)23-11(22)20-10-6-8(14(17,18)19)4-5-9(10)13(15,16)7-21/h4-6,21H,7H2,1-3H3,(H,20,22). The third-order valence-corrected chi connectivity index (χ3v) is 2.58. The molecule has 0 radical (unpaired) electrons. The van der Waals surface area contributed by atoms with E-state index in [1.807, 2.05) is 5.32 Å². The second kappa shape index (κ2) is 6.31. The molecular formula is C14H16F5NO3. The zero-order valence-electron chi connectivity index (χ0n) is 12.6. The fourth-order valence-electron chi connectivity index (χ4n) is 1.64. The molecule has 9 heteroatoms. The van der Waals surface area contributed by atoms with Gasteiger partial charge in [0.25, 0.3) is 5.92 Å². The summed E-state index contributed by atoms with van der Waals surface area (Å²) in [6, 6.07) is 1.31. The number of rotatable bonds is 3. The van der Waals surface area contributed by atoms with E-state index in [1.54, 1.807) is 0 Å². The Morgan fingerprint density at radius 1 is 1.17 bits per heavy atom. The van der Waals surface area contributed by atoms with Crippen molar-refractivity contribution < 1.29 is 36.6 Å². The minimum absolute atomic E-state index is 0.364. The second-order valence-electron chi connectivity index (χ2n) is 5.75. The van der Waals surface area contributed by atoms with Crippen molar-refractivity contribution in [2.45, 2.75) is 38.5 Å². The monoisotopic (exact) mass is 341 g/mol. The zero-order chi connectivity index (χ0) is 18.1. The number of halogens is 5. The molecule has 1 amide bonds. The molecule has 1 aromatic carbocycles. The van der Waals surface area contributed by atoms with Gasteiger partial charge in [-0.3, -0.25) is 5.32 Å². The van der Waals surface area contributed by atoms with Crippen LogP contribution in [-0.4, -0.2) is 23.4 Å². The van der Waals surface area contributed by atoms with Crippen molar-refractivity contribution in [1.82, 2.24) is 0 Å². The molecule has 0 saturated heterocycles. The van der Waals surface area contributed by atoms with E-state index in [2.05, 4.69) is 0 Å². The smallest absolute Gasteiger partial charge is 0.416 e. The predicted octanol–water partition coefficient (Wildman–Crippen LogP) is 4.14. The van der Waals surface area contributed by atoms with Gasteiger partial charge in [0.1, 0.15) is 12.2 Å². The molecule has 0 aromatic heterocycles. The highest BCUT2D eigenvalue weighted by molar-refractivity contribution is 5.86. The van der Waals surface area contributed by atoms with E-state index in [4.69, 9.17) is 9.84 Å². The summed E-state index contributed by atoms with van der Waals surface area (Å²) < 4.78 is 70.2. The number of aliphatic hydroxyl groups is 1. The van der Waals surface area contributed by atoms with Crippen LogP contribution in [0.5, 0.6) is 0 Å². The molecule has 0 aliphatic rings. The number of aliphatic hydroxyl groups excluding tert-OH is 1. The van der Waals surface area contributed by atoms with E-state index in [0.29, 0.717) is 18.2 Å². The Morgan fingerprint density at radius 3 is 2.17 bits per heavy atom. The molecule has 1 aromatic rings. The number of ether oxygens (including phenoxy) is 1. The van der Waals surface area contributed by atoms with Gasteiger partial charge in [-0.1, -0.05) is 6.07 Å². The Balaban J connectivity index is 3.26. The van der Waals surface area contributed by atoms with Crippen molar-refractivity contribution in [3.05, 3.63) is 29.3 Å². The van der Waals surface area contributed by atoms with Gasteiger partial charge in [-0.25, -0.2) is 4.79 Å². The van der Waals surface area contributed by atoms with E-state index in [0.717, 1.165) is 0 Å². The molecule has 1 rings (SSSR count).